The number of carbonyl (C=O) groups is 2. The summed E-state index contributed by atoms with van der Waals surface area (Å²) in [6, 6.07) is 17.4. The number of H-pyrrole nitrogens is 1. The van der Waals surface area contributed by atoms with E-state index in [1.54, 1.807) is 25.2 Å². The van der Waals surface area contributed by atoms with E-state index in [1.165, 1.54) is 12.1 Å². The van der Waals surface area contributed by atoms with E-state index in [4.69, 9.17) is 4.98 Å². The van der Waals surface area contributed by atoms with Gasteiger partial charge in [0.15, 0.2) is 0 Å². The lowest BCUT2D eigenvalue weighted by molar-refractivity contribution is 0.0815. The van der Waals surface area contributed by atoms with Gasteiger partial charge in [0, 0.05) is 87.6 Å². The fraction of sp³-hybridized carbons (Fsp3) is 0.341. The van der Waals surface area contributed by atoms with Gasteiger partial charge >= 0.3 is 0 Å². The van der Waals surface area contributed by atoms with Gasteiger partial charge in [0.25, 0.3) is 11.8 Å². The Morgan fingerprint density at radius 1 is 0.982 bits per heavy atom. The second-order valence-corrected chi connectivity index (χ2v) is 14.9. The number of pyridine rings is 1. The van der Waals surface area contributed by atoms with Crippen molar-refractivity contribution in [3.63, 3.8) is 0 Å². The number of hydrogen-bond acceptors (Lipinski definition) is 9. The van der Waals surface area contributed by atoms with Crippen molar-refractivity contribution in [1.82, 2.24) is 45.2 Å². The average molecular weight is 742 g/mol. The van der Waals surface area contributed by atoms with Gasteiger partial charge in [-0.05, 0) is 66.3 Å². The quantitative estimate of drug-likeness (QED) is 0.145. The van der Waals surface area contributed by atoms with Crippen LogP contribution in [0.1, 0.15) is 63.7 Å². The molecule has 2 amide bonds. The number of amides is 2. The van der Waals surface area contributed by atoms with Crippen LogP contribution in [0, 0.1) is 5.82 Å². The van der Waals surface area contributed by atoms with Crippen molar-refractivity contribution in [2.24, 2.45) is 0 Å². The minimum Gasteiger partial charge on any atom is -0.368 e. The van der Waals surface area contributed by atoms with Crippen molar-refractivity contribution < 1.29 is 14.0 Å². The average Bonchev–Trinajstić information content (AvgIpc) is 3.92. The number of anilines is 3. The van der Waals surface area contributed by atoms with Crippen LogP contribution in [0.15, 0.2) is 67.0 Å². The van der Waals surface area contributed by atoms with Gasteiger partial charge in [-0.3, -0.25) is 15.0 Å². The topological polar surface area (TPSA) is 139 Å². The van der Waals surface area contributed by atoms with Crippen molar-refractivity contribution in [1.29, 1.82) is 0 Å². The Kier molecular flexibility index (Phi) is 9.14. The Morgan fingerprint density at radius 2 is 1.78 bits per heavy atom. The van der Waals surface area contributed by atoms with Crippen LogP contribution in [-0.2, 0) is 13.0 Å². The summed E-state index contributed by atoms with van der Waals surface area (Å²) in [4.78, 5) is 47.1. The van der Waals surface area contributed by atoms with Gasteiger partial charge < -0.3 is 30.0 Å². The van der Waals surface area contributed by atoms with E-state index in [1.807, 2.05) is 18.3 Å². The number of nitrogens with one attached hydrogen (secondary N) is 4. The van der Waals surface area contributed by atoms with Crippen LogP contribution >= 0.6 is 0 Å². The second kappa shape index (κ2) is 14.4. The van der Waals surface area contributed by atoms with Crippen LogP contribution < -0.4 is 21.0 Å². The molecule has 4 aromatic heterocycles. The lowest BCUT2D eigenvalue weighted by Gasteiger charge is -2.36. The van der Waals surface area contributed by atoms with Crippen molar-refractivity contribution in [3.8, 4) is 11.3 Å². The summed E-state index contributed by atoms with van der Waals surface area (Å²) in [5, 5.41) is 10.1. The van der Waals surface area contributed by atoms with Crippen molar-refractivity contribution >= 4 is 51.2 Å². The smallest absolute Gasteiger partial charge is 0.270 e. The normalized spacial score (nSPS) is 16.5. The molecule has 4 N–H and O–H groups in total. The third-order valence-electron chi connectivity index (χ3n) is 11.1. The molecule has 55 heavy (non-hydrogen) atoms. The lowest BCUT2D eigenvalue weighted by Crippen LogP contribution is -2.51. The standard InChI is InChI=1S/C41H44FN11O2/c1-50(2)40(55)34-19-27-23-45-41(49-38(27)53(34)29-5-3-4-6-29)48-35-12-11-30(24-44-35)51-15-17-52(18-16-51)46-22-25-7-9-26(10-8-25)37-31-13-14-43-39(54)32-20-28(42)21-33(47-37)36(31)32/h7-12,19-21,23-24,29,46-47H,3-6,13-18,22H2,1-2H3,(H,43,54)(H,44,45,48,49). The van der Waals surface area contributed by atoms with Gasteiger partial charge in [0.1, 0.15) is 23.0 Å². The first-order valence-electron chi connectivity index (χ1n) is 19.1. The van der Waals surface area contributed by atoms with Crippen LogP contribution in [0.2, 0.25) is 0 Å². The third kappa shape index (κ3) is 6.76. The number of rotatable bonds is 9. The van der Waals surface area contributed by atoms with E-state index < -0.39 is 5.82 Å². The highest BCUT2D eigenvalue weighted by atomic mass is 19.1. The molecule has 0 radical (unpaired) electrons. The Hall–Kier alpha value is -5.86. The van der Waals surface area contributed by atoms with Gasteiger partial charge in [0.2, 0.25) is 5.95 Å². The summed E-state index contributed by atoms with van der Waals surface area (Å²) in [6.45, 7) is 4.63. The first kappa shape index (κ1) is 34.9. The molecule has 2 aromatic carbocycles. The molecule has 9 rings (SSSR count). The molecular formula is C41H44FN11O2. The van der Waals surface area contributed by atoms with Gasteiger partial charge in [-0.2, -0.15) is 4.98 Å². The molecule has 1 aliphatic carbocycles. The first-order chi connectivity index (χ1) is 26.8. The van der Waals surface area contributed by atoms with Crippen LogP contribution in [0.25, 0.3) is 33.2 Å². The summed E-state index contributed by atoms with van der Waals surface area (Å²) in [6.07, 6.45) is 8.72. The zero-order chi connectivity index (χ0) is 37.6. The number of hydrogen-bond donors (Lipinski definition) is 4. The molecule has 13 nitrogen and oxygen atoms in total. The number of fused-ring (bicyclic) bond motifs is 1. The van der Waals surface area contributed by atoms with Crippen LogP contribution in [0.3, 0.4) is 0 Å². The predicted molar refractivity (Wildman–Crippen MR) is 211 cm³/mol. The van der Waals surface area contributed by atoms with E-state index in [9.17, 15) is 14.0 Å². The molecular weight excluding hydrogens is 698 g/mol. The number of nitrogens with zero attached hydrogens (tertiary/aromatic N) is 7. The number of halogens is 1. The molecule has 282 valence electrons. The number of hydrazine groups is 1. The monoisotopic (exact) mass is 741 g/mol. The van der Waals surface area contributed by atoms with Gasteiger partial charge in [-0.25, -0.2) is 19.4 Å². The molecule has 14 heteroatoms. The van der Waals surface area contributed by atoms with E-state index in [2.05, 4.69) is 75.8 Å². The van der Waals surface area contributed by atoms with Crippen LogP contribution in [-0.4, -0.2) is 93.0 Å². The van der Waals surface area contributed by atoms with Crippen molar-refractivity contribution in [2.45, 2.75) is 44.7 Å². The molecule has 0 unspecified atom stereocenters. The highest BCUT2D eigenvalue weighted by molar-refractivity contribution is 6.10. The molecule has 2 fully saturated rings. The summed E-state index contributed by atoms with van der Waals surface area (Å²) < 4.78 is 16.4. The summed E-state index contributed by atoms with van der Waals surface area (Å²) in [7, 11) is 3.56. The Bertz CT molecular complexity index is 2390. The highest BCUT2D eigenvalue weighted by Crippen LogP contribution is 2.36. The van der Waals surface area contributed by atoms with Crippen molar-refractivity contribution in [2.75, 3.05) is 57.0 Å². The maximum atomic E-state index is 14.3. The minimum absolute atomic E-state index is 0.0283. The lowest BCUT2D eigenvalue weighted by atomic mass is 9.99. The molecule has 0 atom stereocenters. The highest BCUT2D eigenvalue weighted by Gasteiger charge is 2.27. The third-order valence-corrected chi connectivity index (χ3v) is 11.1. The van der Waals surface area contributed by atoms with Crippen molar-refractivity contribution in [3.05, 3.63) is 95.2 Å². The molecule has 6 aromatic rings. The van der Waals surface area contributed by atoms with E-state index >= 15 is 0 Å². The Labute approximate surface area is 317 Å². The number of piperazine rings is 1. The molecule has 3 aliphatic rings. The van der Waals surface area contributed by atoms with Crippen LogP contribution in [0.4, 0.5) is 21.8 Å². The number of benzene rings is 2. The number of aromatic amines is 1. The summed E-state index contributed by atoms with van der Waals surface area (Å²) in [5.41, 5.74) is 11.2. The Morgan fingerprint density at radius 3 is 2.53 bits per heavy atom. The minimum atomic E-state index is -0.426. The number of aromatic nitrogens is 5. The molecule has 0 spiro atoms. The maximum Gasteiger partial charge on any atom is 0.270 e. The summed E-state index contributed by atoms with van der Waals surface area (Å²) >= 11 is 0. The Balaban J connectivity index is 0.805. The largest absolute Gasteiger partial charge is 0.368 e. The zero-order valence-corrected chi connectivity index (χ0v) is 31.0. The molecule has 6 heterocycles. The second-order valence-electron chi connectivity index (χ2n) is 14.9. The maximum absolute atomic E-state index is 14.3. The van der Waals surface area contributed by atoms with Gasteiger partial charge in [-0.15, -0.1) is 0 Å². The van der Waals surface area contributed by atoms with Crippen LogP contribution in [0.5, 0.6) is 0 Å². The number of carbonyl (C=O) groups excluding carboxylic acids is 2. The molecule has 2 aliphatic heterocycles. The zero-order valence-electron chi connectivity index (χ0n) is 31.0. The molecule has 1 saturated carbocycles. The van der Waals surface area contributed by atoms with E-state index in [-0.39, 0.29) is 17.9 Å². The fourth-order valence-corrected chi connectivity index (χ4v) is 8.31. The fourth-order valence-electron chi connectivity index (χ4n) is 8.31. The summed E-state index contributed by atoms with van der Waals surface area (Å²) in [5.74, 6) is 0.416. The van der Waals surface area contributed by atoms with Gasteiger partial charge in [0.05, 0.1) is 17.4 Å². The first-order valence-corrected chi connectivity index (χ1v) is 19.1. The predicted octanol–water partition coefficient (Wildman–Crippen LogP) is 5.79. The van der Waals surface area contributed by atoms with Gasteiger partial charge in [-0.1, -0.05) is 37.1 Å². The molecule has 0 bridgehead atoms. The van der Waals surface area contributed by atoms with E-state index in [0.717, 1.165) is 96.4 Å². The van der Waals surface area contributed by atoms with E-state index in [0.29, 0.717) is 48.1 Å². The molecule has 1 saturated heterocycles. The SMILES string of the molecule is CN(C)C(=O)c1cc2cnc(Nc3ccc(N4CCN(NCc5ccc(-c6[nH]c7cc(F)cc8c7c6CCNC8=O)cc5)CC4)cn3)nc2n1C1CCCC1.